The van der Waals surface area contributed by atoms with E-state index in [1.54, 1.807) is 7.11 Å². The first-order valence-corrected chi connectivity index (χ1v) is 7.30. The zero-order chi connectivity index (χ0) is 15.3. The number of rotatable bonds is 6. The smallest absolute Gasteiger partial charge is 0.130 e. The van der Waals surface area contributed by atoms with E-state index in [0.29, 0.717) is 6.42 Å². The predicted octanol–water partition coefficient (Wildman–Crippen LogP) is 3.96. The Labute approximate surface area is 126 Å². The Balaban J connectivity index is 2.34. The Hall–Kier alpha value is -2.09. The molecular formula is C19H22O2. The highest BCUT2D eigenvalue weighted by molar-refractivity contribution is 5.70. The van der Waals surface area contributed by atoms with Gasteiger partial charge in [0.2, 0.25) is 0 Å². The summed E-state index contributed by atoms with van der Waals surface area (Å²) in [5.74, 6) is 0.761. The Morgan fingerprint density at radius 3 is 2.24 bits per heavy atom. The zero-order valence-electron chi connectivity index (χ0n) is 12.9. The minimum atomic E-state index is -0.583. The van der Waals surface area contributed by atoms with Crippen LogP contribution in [-0.2, 0) is 23.1 Å². The maximum Gasteiger partial charge on any atom is 0.130 e. The van der Waals surface area contributed by atoms with E-state index in [2.05, 4.69) is 31.2 Å². The van der Waals surface area contributed by atoms with Gasteiger partial charge < -0.3 is 9.53 Å². The highest BCUT2D eigenvalue weighted by Gasteiger charge is 2.29. The van der Waals surface area contributed by atoms with E-state index in [1.807, 2.05) is 31.2 Å². The van der Waals surface area contributed by atoms with Gasteiger partial charge in [-0.15, -0.1) is 0 Å². The summed E-state index contributed by atoms with van der Waals surface area (Å²) in [6, 6.07) is 16.2. The van der Waals surface area contributed by atoms with E-state index in [9.17, 15) is 4.79 Å². The summed E-state index contributed by atoms with van der Waals surface area (Å²) >= 11 is 0. The van der Waals surface area contributed by atoms with Crippen LogP contribution in [0.3, 0.4) is 0 Å². The Morgan fingerprint density at radius 1 is 1.05 bits per heavy atom. The number of methoxy groups -OCH3 is 1. The van der Waals surface area contributed by atoms with Crippen molar-refractivity contribution in [1.82, 2.24) is 0 Å². The second-order valence-electron chi connectivity index (χ2n) is 5.58. The molecule has 2 heteroatoms. The number of carbonyl (C=O) groups excluding carboxylic acids is 1. The average Bonchev–Trinajstić information content (AvgIpc) is 2.55. The van der Waals surface area contributed by atoms with Crippen LogP contribution >= 0.6 is 0 Å². The van der Waals surface area contributed by atoms with Crippen molar-refractivity contribution in [1.29, 1.82) is 0 Å². The van der Waals surface area contributed by atoms with Crippen LogP contribution in [-0.4, -0.2) is 13.4 Å². The van der Waals surface area contributed by atoms with Gasteiger partial charge in [-0.3, -0.25) is 0 Å². The molecular weight excluding hydrogens is 260 g/mol. The molecule has 0 heterocycles. The standard InChI is InChI=1S/C19H22O2/c1-4-15-9-11-16(12-10-15)13-19(2,14-20)17-7-5-6-8-18(17)21-3/h5-12,14H,4,13H2,1-3H3. The third-order valence-electron chi connectivity index (χ3n) is 3.98. The molecule has 0 amide bonds. The van der Waals surface area contributed by atoms with Crippen molar-refractivity contribution >= 4 is 6.29 Å². The third kappa shape index (κ3) is 3.33. The van der Waals surface area contributed by atoms with E-state index in [1.165, 1.54) is 5.56 Å². The minimum absolute atomic E-state index is 0.583. The lowest BCUT2D eigenvalue weighted by molar-refractivity contribution is -0.112. The molecule has 0 aliphatic rings. The van der Waals surface area contributed by atoms with Gasteiger partial charge in [-0.2, -0.15) is 0 Å². The molecule has 21 heavy (non-hydrogen) atoms. The van der Waals surface area contributed by atoms with Crippen LogP contribution in [0.15, 0.2) is 48.5 Å². The first kappa shape index (κ1) is 15.3. The Kier molecular flexibility index (Phi) is 4.79. The predicted molar refractivity (Wildman–Crippen MR) is 85.9 cm³/mol. The molecule has 0 bridgehead atoms. The number of aryl methyl sites for hydroxylation is 1. The topological polar surface area (TPSA) is 26.3 Å². The van der Waals surface area contributed by atoms with Crippen LogP contribution in [0.1, 0.15) is 30.5 Å². The van der Waals surface area contributed by atoms with Gasteiger partial charge in [0.15, 0.2) is 0 Å². The summed E-state index contributed by atoms with van der Waals surface area (Å²) in [5, 5.41) is 0. The third-order valence-corrected chi connectivity index (χ3v) is 3.98. The van der Waals surface area contributed by atoms with Crippen LogP contribution < -0.4 is 4.74 Å². The van der Waals surface area contributed by atoms with E-state index in [4.69, 9.17) is 4.74 Å². The molecule has 2 rings (SSSR count). The highest BCUT2D eigenvalue weighted by Crippen LogP contribution is 2.33. The Bertz CT molecular complexity index is 601. The molecule has 0 aliphatic carbocycles. The molecule has 2 nitrogen and oxygen atoms in total. The second-order valence-corrected chi connectivity index (χ2v) is 5.58. The van der Waals surface area contributed by atoms with Crippen molar-refractivity contribution in [3.8, 4) is 5.75 Å². The summed E-state index contributed by atoms with van der Waals surface area (Å²) in [7, 11) is 1.64. The van der Waals surface area contributed by atoms with Gasteiger partial charge in [-0.1, -0.05) is 49.4 Å². The van der Waals surface area contributed by atoms with Gasteiger partial charge in [0.25, 0.3) is 0 Å². The van der Waals surface area contributed by atoms with Gasteiger partial charge in [-0.05, 0) is 37.0 Å². The Morgan fingerprint density at radius 2 is 1.67 bits per heavy atom. The van der Waals surface area contributed by atoms with E-state index in [0.717, 1.165) is 29.6 Å². The van der Waals surface area contributed by atoms with E-state index in [-0.39, 0.29) is 0 Å². The summed E-state index contributed by atoms with van der Waals surface area (Å²) in [5.41, 5.74) is 2.82. The van der Waals surface area contributed by atoms with E-state index >= 15 is 0 Å². The number of benzene rings is 2. The molecule has 0 saturated heterocycles. The van der Waals surface area contributed by atoms with Crippen LogP contribution in [0.4, 0.5) is 0 Å². The first-order chi connectivity index (χ1) is 10.1. The highest BCUT2D eigenvalue weighted by atomic mass is 16.5. The van der Waals surface area contributed by atoms with Gasteiger partial charge in [0, 0.05) is 5.56 Å². The maximum absolute atomic E-state index is 11.8. The van der Waals surface area contributed by atoms with Crippen molar-refractivity contribution in [2.45, 2.75) is 32.1 Å². The number of hydrogen-bond acceptors (Lipinski definition) is 2. The second kappa shape index (κ2) is 6.57. The molecule has 0 fully saturated rings. The van der Waals surface area contributed by atoms with Crippen LogP contribution in [0.25, 0.3) is 0 Å². The largest absolute Gasteiger partial charge is 0.496 e. The van der Waals surface area contributed by atoms with E-state index < -0.39 is 5.41 Å². The molecule has 2 aromatic rings. The monoisotopic (exact) mass is 282 g/mol. The van der Waals surface area contributed by atoms with Crippen molar-refractivity contribution < 1.29 is 9.53 Å². The van der Waals surface area contributed by atoms with Crippen LogP contribution in [0.5, 0.6) is 5.75 Å². The number of ether oxygens (including phenoxy) is 1. The maximum atomic E-state index is 11.8. The number of aldehydes is 1. The molecule has 0 spiro atoms. The molecule has 0 saturated carbocycles. The van der Waals surface area contributed by atoms with Gasteiger partial charge in [0.1, 0.15) is 12.0 Å². The summed E-state index contributed by atoms with van der Waals surface area (Å²) in [6.07, 6.45) is 2.72. The lowest BCUT2D eigenvalue weighted by Crippen LogP contribution is -2.27. The fraction of sp³-hybridized carbons (Fsp3) is 0.316. The lowest BCUT2D eigenvalue weighted by Gasteiger charge is -2.25. The average molecular weight is 282 g/mol. The van der Waals surface area contributed by atoms with Crippen molar-refractivity contribution in [2.75, 3.05) is 7.11 Å². The molecule has 0 aliphatic heterocycles. The fourth-order valence-corrected chi connectivity index (χ4v) is 2.63. The quantitative estimate of drug-likeness (QED) is 0.750. The fourth-order valence-electron chi connectivity index (χ4n) is 2.63. The summed E-state index contributed by atoms with van der Waals surface area (Å²) in [6.45, 7) is 4.10. The summed E-state index contributed by atoms with van der Waals surface area (Å²) in [4.78, 5) is 11.8. The molecule has 0 N–H and O–H groups in total. The van der Waals surface area contributed by atoms with Crippen molar-refractivity contribution in [3.63, 3.8) is 0 Å². The number of hydrogen-bond donors (Lipinski definition) is 0. The van der Waals surface area contributed by atoms with Crippen LogP contribution in [0, 0.1) is 0 Å². The van der Waals surface area contributed by atoms with Gasteiger partial charge >= 0.3 is 0 Å². The summed E-state index contributed by atoms with van der Waals surface area (Å²) < 4.78 is 5.41. The molecule has 0 radical (unpaired) electrons. The minimum Gasteiger partial charge on any atom is -0.496 e. The first-order valence-electron chi connectivity index (χ1n) is 7.30. The molecule has 2 aromatic carbocycles. The van der Waals surface area contributed by atoms with Gasteiger partial charge in [0.05, 0.1) is 12.5 Å². The number of carbonyl (C=O) groups is 1. The SMILES string of the molecule is CCc1ccc(CC(C)(C=O)c2ccccc2OC)cc1. The number of para-hydroxylation sites is 1. The lowest BCUT2D eigenvalue weighted by atomic mass is 9.78. The van der Waals surface area contributed by atoms with Crippen molar-refractivity contribution in [3.05, 3.63) is 65.2 Å². The molecule has 110 valence electrons. The molecule has 1 unspecified atom stereocenters. The molecule has 1 atom stereocenters. The molecule has 0 aromatic heterocycles. The normalized spacial score (nSPS) is 13.5. The zero-order valence-corrected chi connectivity index (χ0v) is 12.9. The van der Waals surface area contributed by atoms with Crippen molar-refractivity contribution in [2.24, 2.45) is 0 Å². The van der Waals surface area contributed by atoms with Crippen LogP contribution in [0.2, 0.25) is 0 Å². The van der Waals surface area contributed by atoms with Gasteiger partial charge in [-0.25, -0.2) is 0 Å².